The molecule has 22 heavy (non-hydrogen) atoms. The van der Waals surface area contributed by atoms with Crippen LogP contribution in [0.2, 0.25) is 0 Å². The lowest BCUT2D eigenvalue weighted by Crippen LogP contribution is -1.95. The van der Waals surface area contributed by atoms with Gasteiger partial charge in [0.15, 0.2) is 0 Å². The number of aromatic nitrogens is 1. The van der Waals surface area contributed by atoms with Crippen molar-refractivity contribution in [2.45, 2.75) is 40.5 Å². The van der Waals surface area contributed by atoms with E-state index in [0.717, 1.165) is 5.69 Å². The lowest BCUT2D eigenvalue weighted by molar-refractivity contribution is 0.868. The van der Waals surface area contributed by atoms with Crippen molar-refractivity contribution in [2.75, 3.05) is 0 Å². The minimum Gasteiger partial charge on any atom is -0.255 e. The van der Waals surface area contributed by atoms with Gasteiger partial charge in [0.2, 0.25) is 0 Å². The van der Waals surface area contributed by atoms with Gasteiger partial charge in [-0.05, 0) is 29.4 Å². The fraction of sp³-hybridized carbons (Fsp3) is 0.286. The maximum Gasteiger partial charge on any atom is 0.0783 e. The Morgan fingerprint density at radius 3 is 2.09 bits per heavy atom. The summed E-state index contributed by atoms with van der Waals surface area (Å²) in [4.78, 5) is 4.72. The predicted octanol–water partition coefficient (Wildman–Crippen LogP) is 6.36. The van der Waals surface area contributed by atoms with Gasteiger partial charge in [0, 0.05) is 17.1 Å². The van der Waals surface area contributed by atoms with Crippen LogP contribution in [0.5, 0.6) is 0 Å². The Bertz CT molecular complexity index is 757. The van der Waals surface area contributed by atoms with E-state index in [1.54, 1.807) is 0 Å². The van der Waals surface area contributed by atoms with Crippen molar-refractivity contribution in [3.05, 3.63) is 65.9 Å². The Morgan fingerprint density at radius 2 is 1.41 bits per heavy atom. The van der Waals surface area contributed by atoms with Gasteiger partial charge in [0.25, 0.3) is 0 Å². The average Bonchev–Trinajstić information content (AvgIpc) is 2.57. The quantitative estimate of drug-likeness (QED) is 0.535. The third-order valence-electron chi connectivity index (χ3n) is 3.83. The minimum absolute atomic E-state index is 0.494. The summed E-state index contributed by atoms with van der Waals surface area (Å²) in [5.74, 6) is 0.494. The molecule has 0 saturated carbocycles. The number of aryl methyl sites for hydroxylation is 1. The molecule has 0 aliphatic rings. The molecule has 2 aromatic carbocycles. The highest BCUT2D eigenvalue weighted by atomic mass is 14.7. The molecule has 0 atom stereocenters. The maximum absolute atomic E-state index is 4.72. The summed E-state index contributed by atoms with van der Waals surface area (Å²) in [7, 11) is 0. The summed E-state index contributed by atoms with van der Waals surface area (Å²) in [6, 6.07) is 17.1. The number of nitrogens with zero attached hydrogens (tertiary/aromatic N) is 1. The third-order valence-corrected chi connectivity index (χ3v) is 3.83. The van der Waals surface area contributed by atoms with E-state index in [0.29, 0.717) is 5.92 Å². The summed E-state index contributed by atoms with van der Waals surface area (Å²) < 4.78 is 0. The van der Waals surface area contributed by atoms with E-state index in [4.69, 9.17) is 4.98 Å². The van der Waals surface area contributed by atoms with E-state index in [-0.39, 0.29) is 0 Å². The van der Waals surface area contributed by atoms with E-state index in [1.807, 2.05) is 20.0 Å². The average molecular weight is 291 g/mol. The highest BCUT2D eigenvalue weighted by molar-refractivity contribution is 5.96. The molecule has 1 heterocycles. The fourth-order valence-corrected chi connectivity index (χ4v) is 2.76. The number of hydrogen-bond donors (Lipinski definition) is 0. The summed E-state index contributed by atoms with van der Waals surface area (Å²) in [6.07, 6.45) is 1.98. The first-order valence-electron chi connectivity index (χ1n) is 8.12. The zero-order chi connectivity index (χ0) is 16.1. The molecule has 1 nitrogen and oxygen atoms in total. The van der Waals surface area contributed by atoms with Crippen LogP contribution < -0.4 is 0 Å². The molecule has 3 rings (SSSR count). The molecule has 0 aliphatic heterocycles. The highest BCUT2D eigenvalue weighted by Gasteiger charge is 2.12. The summed E-state index contributed by atoms with van der Waals surface area (Å²) >= 11 is 0. The summed E-state index contributed by atoms with van der Waals surface area (Å²) in [6.45, 7) is 10.6. The number of pyridine rings is 1. The zero-order valence-electron chi connectivity index (χ0n) is 14.2. The Balaban J connectivity index is 0.000000847. The molecule has 0 spiro atoms. The van der Waals surface area contributed by atoms with Crippen molar-refractivity contribution in [3.63, 3.8) is 0 Å². The van der Waals surface area contributed by atoms with Crippen LogP contribution in [-0.4, -0.2) is 4.98 Å². The number of fused-ring (bicyclic) bond motifs is 1. The molecule has 0 unspecified atom stereocenters. The number of benzene rings is 2. The van der Waals surface area contributed by atoms with Gasteiger partial charge in [-0.1, -0.05) is 76.2 Å². The monoisotopic (exact) mass is 291 g/mol. The lowest BCUT2D eigenvalue weighted by Gasteiger charge is -2.14. The van der Waals surface area contributed by atoms with Gasteiger partial charge in [0.1, 0.15) is 0 Å². The SMILES string of the molecule is CC.Cc1cnc(-c2ccccc2C(C)C)c2ccccc12. The van der Waals surface area contributed by atoms with Crippen LogP contribution in [0.1, 0.15) is 44.7 Å². The van der Waals surface area contributed by atoms with E-state index < -0.39 is 0 Å². The summed E-state index contributed by atoms with van der Waals surface area (Å²) in [5.41, 5.74) is 4.93. The van der Waals surface area contributed by atoms with Gasteiger partial charge in [0.05, 0.1) is 5.69 Å². The molecule has 0 N–H and O–H groups in total. The van der Waals surface area contributed by atoms with Crippen LogP contribution in [0.25, 0.3) is 22.0 Å². The van der Waals surface area contributed by atoms with Crippen LogP contribution in [0.4, 0.5) is 0 Å². The van der Waals surface area contributed by atoms with Crippen LogP contribution in [-0.2, 0) is 0 Å². The maximum atomic E-state index is 4.72. The van der Waals surface area contributed by atoms with Crippen molar-refractivity contribution in [1.82, 2.24) is 4.98 Å². The minimum atomic E-state index is 0.494. The van der Waals surface area contributed by atoms with E-state index in [2.05, 4.69) is 69.3 Å². The van der Waals surface area contributed by atoms with Crippen LogP contribution in [0.15, 0.2) is 54.7 Å². The Morgan fingerprint density at radius 1 is 0.818 bits per heavy atom. The lowest BCUT2D eigenvalue weighted by atomic mass is 9.92. The van der Waals surface area contributed by atoms with Crippen LogP contribution >= 0.6 is 0 Å². The second-order valence-electron chi connectivity index (χ2n) is 5.58. The van der Waals surface area contributed by atoms with Crippen molar-refractivity contribution in [2.24, 2.45) is 0 Å². The third kappa shape index (κ3) is 3.04. The molecule has 0 saturated heterocycles. The van der Waals surface area contributed by atoms with Gasteiger partial charge >= 0.3 is 0 Å². The van der Waals surface area contributed by atoms with Gasteiger partial charge in [-0.3, -0.25) is 4.98 Å². The largest absolute Gasteiger partial charge is 0.255 e. The van der Waals surface area contributed by atoms with Gasteiger partial charge in [-0.25, -0.2) is 0 Å². The highest BCUT2D eigenvalue weighted by Crippen LogP contribution is 2.33. The molecule has 0 radical (unpaired) electrons. The Hall–Kier alpha value is -2.15. The molecule has 114 valence electrons. The second kappa shape index (κ2) is 7.22. The first kappa shape index (κ1) is 16.2. The standard InChI is InChI=1S/C19H19N.C2H6/c1-13(2)15-8-4-6-10-17(15)19-18-11-7-5-9-16(18)14(3)12-20-19;1-2/h4-13H,1-3H3;1-2H3. The van der Waals surface area contributed by atoms with Gasteiger partial charge in [-0.15, -0.1) is 0 Å². The van der Waals surface area contributed by atoms with Crippen molar-refractivity contribution < 1.29 is 0 Å². The van der Waals surface area contributed by atoms with E-state index in [1.165, 1.54) is 27.5 Å². The molecular formula is C21H25N. The fourth-order valence-electron chi connectivity index (χ4n) is 2.76. The first-order chi connectivity index (χ1) is 10.7. The molecule has 1 aromatic heterocycles. The van der Waals surface area contributed by atoms with Crippen molar-refractivity contribution in [1.29, 1.82) is 0 Å². The van der Waals surface area contributed by atoms with Gasteiger partial charge < -0.3 is 0 Å². The van der Waals surface area contributed by atoms with Crippen molar-refractivity contribution >= 4 is 10.8 Å². The smallest absolute Gasteiger partial charge is 0.0783 e. The van der Waals surface area contributed by atoms with Crippen LogP contribution in [0.3, 0.4) is 0 Å². The van der Waals surface area contributed by atoms with E-state index >= 15 is 0 Å². The molecular weight excluding hydrogens is 266 g/mol. The van der Waals surface area contributed by atoms with E-state index in [9.17, 15) is 0 Å². The Labute approximate surface area is 134 Å². The second-order valence-corrected chi connectivity index (χ2v) is 5.58. The first-order valence-corrected chi connectivity index (χ1v) is 8.12. The molecule has 1 heteroatoms. The topological polar surface area (TPSA) is 12.9 Å². The van der Waals surface area contributed by atoms with Crippen molar-refractivity contribution in [3.8, 4) is 11.3 Å². The number of rotatable bonds is 2. The zero-order valence-corrected chi connectivity index (χ0v) is 14.2. The molecule has 0 aliphatic carbocycles. The normalized spacial score (nSPS) is 10.5. The Kier molecular flexibility index (Phi) is 5.32. The predicted molar refractivity (Wildman–Crippen MR) is 97.4 cm³/mol. The van der Waals surface area contributed by atoms with Gasteiger partial charge in [-0.2, -0.15) is 0 Å². The molecule has 0 bridgehead atoms. The summed E-state index contributed by atoms with van der Waals surface area (Å²) in [5, 5.41) is 2.52. The molecule has 0 amide bonds. The van der Waals surface area contributed by atoms with Crippen LogP contribution in [0, 0.1) is 6.92 Å². The molecule has 0 fully saturated rings. The number of hydrogen-bond acceptors (Lipinski definition) is 1. The molecule has 3 aromatic rings.